The molecule has 0 bridgehead atoms. The van der Waals surface area contributed by atoms with Crippen LogP contribution in [0.3, 0.4) is 0 Å². The molecule has 270 valence electrons. The predicted octanol–water partition coefficient (Wildman–Crippen LogP) is 7.25. The maximum atomic E-state index is 15.3. The quantitative estimate of drug-likeness (QED) is 0.0885. The van der Waals surface area contributed by atoms with Crippen molar-refractivity contribution >= 4 is 0 Å². The van der Waals surface area contributed by atoms with E-state index in [1.165, 1.54) is 0 Å². The van der Waals surface area contributed by atoms with E-state index in [0.29, 0.717) is 11.1 Å². The molecule has 4 aromatic rings. The van der Waals surface area contributed by atoms with Gasteiger partial charge in [-0.25, -0.2) is 26.3 Å². The van der Waals surface area contributed by atoms with Crippen LogP contribution < -0.4 is 0 Å². The lowest BCUT2D eigenvalue weighted by molar-refractivity contribution is -0.322. The van der Waals surface area contributed by atoms with E-state index in [1.807, 2.05) is 0 Å². The first-order chi connectivity index (χ1) is 23.6. The molecule has 6 nitrogen and oxygen atoms in total. The summed E-state index contributed by atoms with van der Waals surface area (Å²) in [4.78, 5) is 0. The molecule has 0 aromatic heterocycles. The Balaban J connectivity index is 1.64. The Morgan fingerprint density at radius 1 is 0.480 bits per heavy atom. The molecule has 0 saturated heterocycles. The number of hydrogen-bond acceptors (Lipinski definition) is 6. The molecule has 0 aliphatic carbocycles. The molecule has 4 atom stereocenters. The van der Waals surface area contributed by atoms with Gasteiger partial charge in [-0.2, -0.15) is 17.6 Å². The SMILES string of the molecule is O[C@@H]([C@H](O)[C@@H](COCc1ccccc1)OC(F)(F)c1ccc(F)c(F)c1F)[C@@H](COCc1ccccc1)OC(F)(F)c1ccc(F)c(F)c1F. The molecule has 0 saturated carbocycles. The molecule has 2 N–H and O–H groups in total. The number of alkyl halides is 4. The molecule has 0 unspecified atom stereocenters. The molecule has 0 amide bonds. The summed E-state index contributed by atoms with van der Waals surface area (Å²) in [5.41, 5.74) is -2.71. The summed E-state index contributed by atoms with van der Waals surface area (Å²) < 4.78 is 164. The standard InChI is InChI=1S/C34H28F10O6/c35-23-13-11-21(27(37)29(23)39)33(41,42)49-25(17-47-15-19-7-3-1-4-8-19)31(45)32(46)26(18-48-16-20-9-5-2-6-10-20)50-34(43,44)22-12-14-24(36)30(40)28(22)38/h1-14,25-26,31-32,45-46H,15-18H2/t25-,26-,31-,32-/m1/s1. The van der Waals surface area contributed by atoms with Crippen LogP contribution in [0.25, 0.3) is 0 Å². The van der Waals surface area contributed by atoms with Gasteiger partial charge in [-0.1, -0.05) is 60.7 Å². The van der Waals surface area contributed by atoms with Crippen LogP contribution in [-0.2, 0) is 44.4 Å². The summed E-state index contributed by atoms with van der Waals surface area (Å²) >= 11 is 0. The van der Waals surface area contributed by atoms with E-state index in [9.17, 15) is 36.6 Å². The van der Waals surface area contributed by atoms with Gasteiger partial charge in [0.05, 0.1) is 37.6 Å². The molecule has 0 spiro atoms. The molecular formula is C34H28F10O6. The van der Waals surface area contributed by atoms with Crippen LogP contribution in [-0.4, -0.2) is 47.8 Å². The van der Waals surface area contributed by atoms with Crippen LogP contribution in [0.1, 0.15) is 22.3 Å². The van der Waals surface area contributed by atoms with Crippen molar-refractivity contribution in [3.05, 3.63) is 142 Å². The fraction of sp³-hybridized carbons (Fsp3) is 0.294. The highest BCUT2D eigenvalue weighted by molar-refractivity contribution is 5.24. The van der Waals surface area contributed by atoms with Crippen LogP contribution in [0.15, 0.2) is 84.9 Å². The second-order valence-corrected chi connectivity index (χ2v) is 10.8. The zero-order chi connectivity index (χ0) is 36.6. The monoisotopic (exact) mass is 722 g/mol. The Morgan fingerprint density at radius 3 is 1.16 bits per heavy atom. The summed E-state index contributed by atoms with van der Waals surface area (Å²) in [6, 6.07) is 16.5. The average Bonchev–Trinajstić information content (AvgIpc) is 3.08. The van der Waals surface area contributed by atoms with Gasteiger partial charge in [-0.15, -0.1) is 0 Å². The van der Waals surface area contributed by atoms with E-state index >= 15 is 17.6 Å². The lowest BCUT2D eigenvalue weighted by Gasteiger charge is -2.34. The van der Waals surface area contributed by atoms with Crippen LogP contribution >= 0.6 is 0 Å². The number of ether oxygens (including phenoxy) is 4. The van der Waals surface area contributed by atoms with Gasteiger partial charge in [0.25, 0.3) is 0 Å². The molecule has 0 heterocycles. The topological polar surface area (TPSA) is 77.4 Å². The van der Waals surface area contributed by atoms with Crippen LogP contribution in [0.5, 0.6) is 0 Å². The van der Waals surface area contributed by atoms with Gasteiger partial charge >= 0.3 is 12.2 Å². The summed E-state index contributed by atoms with van der Waals surface area (Å²) in [6.07, 6.45) is -20.0. The summed E-state index contributed by atoms with van der Waals surface area (Å²) in [6.45, 7) is -2.75. The molecular weight excluding hydrogens is 694 g/mol. The van der Waals surface area contributed by atoms with Crippen molar-refractivity contribution in [2.24, 2.45) is 0 Å². The first kappa shape index (κ1) is 38.7. The minimum Gasteiger partial charge on any atom is -0.387 e. The third-order valence-electron chi connectivity index (χ3n) is 7.20. The highest BCUT2D eigenvalue weighted by Crippen LogP contribution is 2.37. The number of benzene rings is 4. The van der Waals surface area contributed by atoms with E-state index in [1.54, 1.807) is 60.7 Å². The maximum Gasteiger partial charge on any atom is 0.386 e. The van der Waals surface area contributed by atoms with Gasteiger partial charge < -0.3 is 29.2 Å². The van der Waals surface area contributed by atoms with Crippen molar-refractivity contribution in [2.45, 2.75) is 49.8 Å². The van der Waals surface area contributed by atoms with E-state index in [4.69, 9.17) is 9.47 Å². The fourth-order valence-corrected chi connectivity index (χ4v) is 4.59. The Bertz CT molecular complexity index is 1570. The molecule has 0 fully saturated rings. The molecule has 4 aromatic carbocycles. The smallest absolute Gasteiger partial charge is 0.386 e. The molecule has 0 aliphatic rings. The number of halogens is 10. The van der Waals surface area contributed by atoms with E-state index in [-0.39, 0.29) is 37.5 Å². The largest absolute Gasteiger partial charge is 0.387 e. The van der Waals surface area contributed by atoms with Gasteiger partial charge in [-0.05, 0) is 35.4 Å². The maximum absolute atomic E-state index is 15.3. The Morgan fingerprint density at radius 2 is 0.820 bits per heavy atom. The number of aliphatic hydroxyl groups is 2. The summed E-state index contributed by atoms with van der Waals surface area (Å²) in [5, 5.41) is 22.1. The van der Waals surface area contributed by atoms with Gasteiger partial charge in [0.1, 0.15) is 24.4 Å². The lowest BCUT2D eigenvalue weighted by Crippen LogP contribution is -2.52. The molecule has 4 rings (SSSR count). The highest BCUT2D eigenvalue weighted by atomic mass is 19.3. The van der Waals surface area contributed by atoms with Crippen LogP contribution in [0, 0.1) is 34.9 Å². The number of hydrogen-bond donors (Lipinski definition) is 2. The van der Waals surface area contributed by atoms with Crippen molar-refractivity contribution in [1.29, 1.82) is 0 Å². The molecule has 0 aliphatic heterocycles. The average molecular weight is 723 g/mol. The van der Waals surface area contributed by atoms with Crippen LogP contribution in [0.4, 0.5) is 43.9 Å². The van der Waals surface area contributed by atoms with Crippen molar-refractivity contribution in [1.82, 2.24) is 0 Å². The second-order valence-electron chi connectivity index (χ2n) is 10.8. The Hall–Kier alpha value is -4.06. The van der Waals surface area contributed by atoms with Crippen molar-refractivity contribution in [3.63, 3.8) is 0 Å². The zero-order valence-corrected chi connectivity index (χ0v) is 25.5. The first-order valence-electron chi connectivity index (χ1n) is 14.6. The number of rotatable bonds is 17. The fourth-order valence-electron chi connectivity index (χ4n) is 4.59. The summed E-state index contributed by atoms with van der Waals surface area (Å²) in [7, 11) is 0. The normalized spacial score (nSPS) is 14.7. The van der Waals surface area contributed by atoms with Crippen molar-refractivity contribution < 1.29 is 73.1 Å². The van der Waals surface area contributed by atoms with Crippen molar-refractivity contribution in [3.8, 4) is 0 Å². The van der Waals surface area contributed by atoms with Gasteiger partial charge in [0.2, 0.25) is 0 Å². The molecule has 0 radical (unpaired) electrons. The van der Waals surface area contributed by atoms with Gasteiger partial charge in [0, 0.05) is 0 Å². The Kier molecular flexibility index (Phi) is 13.0. The minimum atomic E-state index is -4.86. The first-order valence-corrected chi connectivity index (χ1v) is 14.6. The highest BCUT2D eigenvalue weighted by Gasteiger charge is 2.47. The summed E-state index contributed by atoms with van der Waals surface area (Å²) in [5.74, 6) is -12.9. The second kappa shape index (κ2) is 16.8. The lowest BCUT2D eigenvalue weighted by atomic mass is 10.0. The number of aliphatic hydroxyl groups excluding tert-OH is 2. The van der Waals surface area contributed by atoms with Gasteiger partial charge in [0.15, 0.2) is 34.9 Å². The zero-order valence-electron chi connectivity index (χ0n) is 25.5. The predicted molar refractivity (Wildman–Crippen MR) is 154 cm³/mol. The molecule has 50 heavy (non-hydrogen) atoms. The van der Waals surface area contributed by atoms with E-state index in [2.05, 4.69) is 9.47 Å². The van der Waals surface area contributed by atoms with Gasteiger partial charge in [-0.3, -0.25) is 0 Å². The van der Waals surface area contributed by atoms with Crippen molar-refractivity contribution in [2.75, 3.05) is 13.2 Å². The third kappa shape index (κ3) is 9.58. The van der Waals surface area contributed by atoms with E-state index in [0.717, 1.165) is 0 Å². The minimum absolute atomic E-state index is 0.151. The van der Waals surface area contributed by atoms with Crippen LogP contribution in [0.2, 0.25) is 0 Å². The van der Waals surface area contributed by atoms with E-state index < -0.39 is 95.9 Å². The Labute approximate surface area is 278 Å². The molecule has 16 heteroatoms. The third-order valence-corrected chi connectivity index (χ3v) is 7.20.